The highest BCUT2D eigenvalue weighted by Gasteiger charge is 2.50. The second-order valence-electron chi connectivity index (χ2n) is 5.92. The van der Waals surface area contributed by atoms with Gasteiger partial charge in [-0.1, -0.05) is 77.8 Å². The van der Waals surface area contributed by atoms with Crippen molar-refractivity contribution in [3.8, 4) is 0 Å². The molecule has 0 aliphatic heterocycles. The first kappa shape index (κ1) is 19.9. The lowest BCUT2D eigenvalue weighted by Gasteiger charge is -2.46. The molecule has 7 heteroatoms. The molecule has 1 atom stereocenters. The quantitative estimate of drug-likeness (QED) is 0.538. The molecule has 3 aromatic carbocycles. The number of hydrogen-bond donors (Lipinski definition) is 0. The lowest BCUT2D eigenvalue weighted by Crippen LogP contribution is -2.48. The van der Waals surface area contributed by atoms with E-state index >= 15 is 0 Å². The van der Waals surface area contributed by atoms with Gasteiger partial charge in [-0.3, -0.25) is 0 Å². The van der Waals surface area contributed by atoms with Crippen molar-refractivity contribution in [2.24, 2.45) is 0 Å². The average molecular weight is 421 g/mol. The Morgan fingerprint density at radius 1 is 0.815 bits per heavy atom. The maximum atomic E-state index is 13.8. The third-order valence-electron chi connectivity index (χ3n) is 4.35. The van der Waals surface area contributed by atoms with Gasteiger partial charge in [0.25, 0.3) is 0 Å². The van der Waals surface area contributed by atoms with Crippen LogP contribution in [0.2, 0.25) is 10.0 Å². The summed E-state index contributed by atoms with van der Waals surface area (Å²) in [4.78, 5) is -2.15. The van der Waals surface area contributed by atoms with Gasteiger partial charge in [-0.05, 0) is 36.9 Å². The lowest BCUT2D eigenvalue weighted by atomic mass is 9.97. The number of hydroxylamine groups is 2. The van der Waals surface area contributed by atoms with Crippen molar-refractivity contribution in [1.29, 1.82) is 0 Å². The van der Waals surface area contributed by atoms with Crippen LogP contribution in [0.4, 0.5) is 0 Å². The van der Waals surface area contributed by atoms with Crippen molar-refractivity contribution in [2.75, 3.05) is 7.05 Å². The molecule has 0 saturated carbocycles. The summed E-state index contributed by atoms with van der Waals surface area (Å²) < 4.78 is 27.7. The van der Waals surface area contributed by atoms with Crippen LogP contribution in [0.25, 0.3) is 0 Å². The van der Waals surface area contributed by atoms with E-state index in [1.807, 2.05) is 0 Å². The summed E-state index contributed by atoms with van der Waals surface area (Å²) >= 11 is 12.8. The minimum atomic E-state index is -4.27. The zero-order chi connectivity index (χ0) is 19.7. The fourth-order valence-corrected chi connectivity index (χ4v) is 6.11. The summed E-state index contributed by atoms with van der Waals surface area (Å²) in [6, 6.07) is 20.7. The summed E-state index contributed by atoms with van der Waals surface area (Å²) in [6.45, 7) is 0. The van der Waals surface area contributed by atoms with E-state index in [1.165, 1.54) is 24.3 Å². The van der Waals surface area contributed by atoms with Gasteiger partial charge in [0.15, 0.2) is 4.87 Å². The maximum Gasteiger partial charge on any atom is 0.205 e. The van der Waals surface area contributed by atoms with Crippen LogP contribution < -0.4 is 0 Å². The highest BCUT2D eigenvalue weighted by atomic mass is 35.5. The highest BCUT2D eigenvalue weighted by molar-refractivity contribution is 7.92. The standard InChI is InChI=1S/C20H16Cl2NO3S/c1-23(24)20(15-9-4-2-5-10-15,19-17(21)13-8-14-18(19)22)27(25,26)16-11-6-3-7-12-16/h2-14H,1H3/q-1. The molecule has 0 N–H and O–H groups in total. The van der Waals surface area contributed by atoms with E-state index in [4.69, 9.17) is 23.2 Å². The van der Waals surface area contributed by atoms with Crippen LogP contribution in [-0.2, 0) is 14.7 Å². The molecule has 0 fully saturated rings. The number of benzene rings is 3. The van der Waals surface area contributed by atoms with E-state index in [0.29, 0.717) is 5.06 Å². The first-order valence-corrected chi connectivity index (χ1v) is 10.3. The number of hydrogen-bond acceptors (Lipinski definition) is 4. The second-order valence-corrected chi connectivity index (χ2v) is 8.80. The second kappa shape index (κ2) is 7.62. The van der Waals surface area contributed by atoms with Gasteiger partial charge < -0.3 is 10.3 Å². The summed E-state index contributed by atoms with van der Waals surface area (Å²) in [5.74, 6) is 0. The van der Waals surface area contributed by atoms with Crippen molar-refractivity contribution in [3.63, 3.8) is 0 Å². The Hall–Kier alpha value is -1.89. The van der Waals surface area contributed by atoms with E-state index in [9.17, 15) is 13.6 Å². The molecule has 3 aromatic rings. The largest absolute Gasteiger partial charge is 0.784 e. The molecule has 27 heavy (non-hydrogen) atoms. The zero-order valence-electron chi connectivity index (χ0n) is 14.3. The predicted molar refractivity (Wildman–Crippen MR) is 108 cm³/mol. The van der Waals surface area contributed by atoms with E-state index in [1.54, 1.807) is 54.6 Å². The minimum Gasteiger partial charge on any atom is -0.784 e. The fourth-order valence-electron chi connectivity index (χ4n) is 3.20. The molecule has 0 aliphatic rings. The molecule has 0 radical (unpaired) electrons. The van der Waals surface area contributed by atoms with E-state index in [0.717, 1.165) is 7.05 Å². The molecule has 0 aromatic heterocycles. The molecular formula is C20H16Cl2NO3S-. The lowest BCUT2D eigenvalue weighted by molar-refractivity contribution is 0.322. The third kappa shape index (κ3) is 3.16. The van der Waals surface area contributed by atoms with Crippen molar-refractivity contribution in [2.45, 2.75) is 9.77 Å². The molecule has 0 saturated heterocycles. The summed E-state index contributed by atoms with van der Waals surface area (Å²) in [5, 5.41) is 13.6. The Morgan fingerprint density at radius 3 is 1.78 bits per heavy atom. The summed E-state index contributed by atoms with van der Waals surface area (Å²) in [7, 11) is -3.11. The fraction of sp³-hybridized carbons (Fsp3) is 0.100. The maximum absolute atomic E-state index is 13.8. The van der Waals surface area contributed by atoms with Crippen molar-refractivity contribution < 1.29 is 8.42 Å². The SMILES string of the molecule is CN([O-])C(c1ccccc1)(c1c(Cl)cccc1Cl)S(=O)(=O)c1ccccc1. The van der Waals surface area contributed by atoms with E-state index < -0.39 is 14.7 Å². The Labute approximate surface area is 168 Å². The van der Waals surface area contributed by atoms with Gasteiger partial charge in [-0.25, -0.2) is 8.42 Å². The Balaban J connectivity index is 2.51. The molecule has 0 heterocycles. The van der Waals surface area contributed by atoms with E-state index in [2.05, 4.69) is 0 Å². The van der Waals surface area contributed by atoms with Gasteiger partial charge in [0.1, 0.15) is 0 Å². The Bertz CT molecular complexity index is 1020. The smallest absolute Gasteiger partial charge is 0.205 e. The van der Waals surface area contributed by atoms with Crippen LogP contribution >= 0.6 is 23.2 Å². The van der Waals surface area contributed by atoms with E-state index in [-0.39, 0.29) is 26.1 Å². The van der Waals surface area contributed by atoms with Gasteiger partial charge in [0, 0.05) is 15.6 Å². The first-order chi connectivity index (χ1) is 12.8. The highest BCUT2D eigenvalue weighted by Crippen LogP contribution is 2.48. The molecule has 1 unspecified atom stereocenters. The van der Waals surface area contributed by atoms with Crippen molar-refractivity contribution >= 4 is 33.0 Å². The molecule has 4 nitrogen and oxygen atoms in total. The molecular weight excluding hydrogens is 405 g/mol. The van der Waals surface area contributed by atoms with Crippen LogP contribution in [0, 0.1) is 5.21 Å². The first-order valence-electron chi connectivity index (χ1n) is 8.04. The monoisotopic (exact) mass is 420 g/mol. The Morgan fingerprint density at radius 2 is 1.30 bits per heavy atom. The normalized spacial score (nSPS) is 14.1. The summed E-state index contributed by atoms with van der Waals surface area (Å²) in [5.41, 5.74) is 0.280. The number of nitrogens with zero attached hydrogens (tertiary/aromatic N) is 1. The van der Waals surface area contributed by atoms with Crippen LogP contribution in [0.15, 0.2) is 83.8 Å². The molecule has 0 amide bonds. The molecule has 0 bridgehead atoms. The number of sulfone groups is 1. The third-order valence-corrected chi connectivity index (χ3v) is 7.35. The summed E-state index contributed by atoms with van der Waals surface area (Å²) in [6.07, 6.45) is 0. The minimum absolute atomic E-state index is 0.00691. The average Bonchev–Trinajstić information content (AvgIpc) is 2.66. The van der Waals surface area contributed by atoms with Crippen LogP contribution in [-0.4, -0.2) is 20.5 Å². The van der Waals surface area contributed by atoms with Gasteiger partial charge in [0.05, 0.1) is 4.90 Å². The Kier molecular flexibility index (Phi) is 5.60. The van der Waals surface area contributed by atoms with Gasteiger partial charge >= 0.3 is 0 Å². The predicted octanol–water partition coefficient (Wildman–Crippen LogP) is 5.10. The topological polar surface area (TPSA) is 60.4 Å². The van der Waals surface area contributed by atoms with Crippen LogP contribution in [0.5, 0.6) is 0 Å². The van der Waals surface area contributed by atoms with Gasteiger partial charge in [-0.2, -0.15) is 0 Å². The van der Waals surface area contributed by atoms with Gasteiger partial charge in [-0.15, -0.1) is 0 Å². The molecule has 0 spiro atoms. The zero-order valence-corrected chi connectivity index (χ0v) is 16.7. The molecule has 0 aliphatic carbocycles. The molecule has 3 rings (SSSR count). The van der Waals surface area contributed by atoms with Crippen LogP contribution in [0.1, 0.15) is 11.1 Å². The van der Waals surface area contributed by atoms with Crippen LogP contribution in [0.3, 0.4) is 0 Å². The molecule has 140 valence electrons. The van der Waals surface area contributed by atoms with Crippen molar-refractivity contribution in [3.05, 3.63) is 105 Å². The van der Waals surface area contributed by atoms with Crippen molar-refractivity contribution in [1.82, 2.24) is 5.06 Å². The number of rotatable bonds is 5. The number of halogens is 2. The van der Waals surface area contributed by atoms with Gasteiger partial charge in [0.2, 0.25) is 9.84 Å².